The van der Waals surface area contributed by atoms with Crippen molar-refractivity contribution >= 4 is 5.91 Å². The normalized spacial score (nSPS) is 9.83. The van der Waals surface area contributed by atoms with E-state index < -0.39 is 0 Å². The van der Waals surface area contributed by atoms with Crippen LogP contribution in [-0.4, -0.2) is 12.9 Å². The van der Waals surface area contributed by atoms with E-state index in [2.05, 4.69) is 5.32 Å². The van der Waals surface area contributed by atoms with E-state index in [1.807, 2.05) is 0 Å². The van der Waals surface area contributed by atoms with Crippen LogP contribution in [-0.2, 0) is 4.79 Å². The summed E-state index contributed by atoms with van der Waals surface area (Å²) in [6, 6.07) is 0. The minimum Gasteiger partial charge on any atom is -0.359 e. The lowest BCUT2D eigenvalue weighted by Crippen LogP contribution is -2.15. The highest BCUT2D eigenvalue weighted by atomic mass is 16.1. The summed E-state index contributed by atoms with van der Waals surface area (Å²) >= 11 is 0. The zero-order valence-electron chi connectivity index (χ0n) is 4.82. The van der Waals surface area contributed by atoms with Gasteiger partial charge >= 0.3 is 0 Å². The van der Waals surface area contributed by atoms with Gasteiger partial charge in [-0.15, -0.1) is 0 Å². The number of carbonyl (C=O) groups excluding carboxylic acids is 1. The van der Waals surface area contributed by atoms with Crippen molar-refractivity contribution in [2.75, 3.05) is 7.02 Å². The lowest BCUT2D eigenvalue weighted by atomic mass is 10.5. The van der Waals surface area contributed by atoms with Gasteiger partial charge in [-0.3, -0.25) is 4.79 Å². The largest absolute Gasteiger partial charge is 0.359 e. The Balaban J connectivity index is 3.00. The number of hydrogen-bond donors (Lipinski definition) is 1. The molecule has 0 unspecified atom stereocenters. The summed E-state index contributed by atoms with van der Waals surface area (Å²) in [5, 5.41) is 2.32. The van der Waals surface area contributed by atoms with Crippen molar-refractivity contribution in [1.82, 2.24) is 5.32 Å². The van der Waals surface area contributed by atoms with Gasteiger partial charge in [-0.1, -0.05) is 6.92 Å². The molecule has 1 N–H and O–H groups in total. The van der Waals surface area contributed by atoms with E-state index >= 15 is 0 Å². The quantitative estimate of drug-likeness (QED) is 0.486. The van der Waals surface area contributed by atoms with Gasteiger partial charge in [0.05, 0.1) is 0 Å². The second kappa shape index (κ2) is 2.69. The number of rotatable bonds is 1. The third-order valence-corrected chi connectivity index (χ3v) is 0.518. The molecule has 0 aliphatic rings. The molecular formula is C4H9NO. The fourth-order valence-electron chi connectivity index (χ4n) is 0.125. The van der Waals surface area contributed by atoms with Gasteiger partial charge in [0.15, 0.2) is 0 Å². The minimum absolute atomic E-state index is 0.00727. The van der Waals surface area contributed by atoms with Gasteiger partial charge in [0.1, 0.15) is 0 Å². The average Bonchev–Trinajstić information content (AvgIpc) is 1.68. The van der Waals surface area contributed by atoms with Gasteiger partial charge in [0, 0.05) is 14.8 Å². The molecule has 1 amide bonds. The Morgan fingerprint density at radius 3 is 3.00 bits per heavy atom. The van der Waals surface area contributed by atoms with Gasteiger partial charge in [0.25, 0.3) is 0 Å². The van der Waals surface area contributed by atoms with E-state index in [-0.39, 0.29) is 12.9 Å². The molecule has 36 valence electrons. The third-order valence-electron chi connectivity index (χ3n) is 0.518. The SMILES string of the molecule is [3H]CNC(=O)CC. The van der Waals surface area contributed by atoms with Crippen LogP contribution in [0, 0.1) is 0 Å². The molecule has 0 atom stereocenters. The summed E-state index contributed by atoms with van der Waals surface area (Å²) in [5.41, 5.74) is 0. The zero-order valence-corrected chi connectivity index (χ0v) is 3.82. The van der Waals surface area contributed by atoms with Crippen molar-refractivity contribution in [3.05, 3.63) is 0 Å². The van der Waals surface area contributed by atoms with Gasteiger partial charge in [-0.05, 0) is 0 Å². The first-order chi connectivity index (χ1) is 3.31. The third kappa shape index (κ3) is 1.76. The molecule has 0 heterocycles. The Bertz CT molecular complexity index is 64.7. The molecule has 0 aromatic rings. The first-order valence-corrected chi connectivity index (χ1v) is 1.87. The summed E-state index contributed by atoms with van der Waals surface area (Å²) in [5.74, 6) is -0.0602. The van der Waals surface area contributed by atoms with Crippen LogP contribution >= 0.6 is 0 Å². The Morgan fingerprint density at radius 2 is 2.83 bits per heavy atom. The Kier molecular flexibility index (Phi) is 1.64. The molecule has 0 bridgehead atoms. The van der Waals surface area contributed by atoms with E-state index in [9.17, 15) is 4.79 Å². The fourth-order valence-corrected chi connectivity index (χ4v) is 0.125. The predicted molar refractivity (Wildman–Crippen MR) is 24.4 cm³/mol. The van der Waals surface area contributed by atoms with Crippen molar-refractivity contribution in [3.63, 3.8) is 0 Å². The van der Waals surface area contributed by atoms with E-state index in [0.29, 0.717) is 6.42 Å². The fraction of sp³-hybridized carbons (Fsp3) is 0.750. The number of carbonyl (C=O) groups is 1. The highest BCUT2D eigenvalue weighted by Gasteiger charge is 1.84. The van der Waals surface area contributed by atoms with Gasteiger partial charge in [-0.25, -0.2) is 0 Å². The topological polar surface area (TPSA) is 29.1 Å². The van der Waals surface area contributed by atoms with E-state index in [4.69, 9.17) is 1.37 Å². The van der Waals surface area contributed by atoms with Crippen molar-refractivity contribution in [2.45, 2.75) is 13.3 Å². The summed E-state index contributed by atoms with van der Waals surface area (Å²) in [4.78, 5) is 10.2. The van der Waals surface area contributed by atoms with E-state index in [0.717, 1.165) is 0 Å². The van der Waals surface area contributed by atoms with Gasteiger partial charge in [0.2, 0.25) is 5.91 Å². The first-order valence-electron chi connectivity index (χ1n) is 2.58. The number of amides is 1. The maximum Gasteiger partial charge on any atom is 0.219 e. The molecule has 0 aromatic carbocycles. The lowest BCUT2D eigenvalue weighted by molar-refractivity contribution is -0.120. The molecular weight excluding hydrogens is 78.0 g/mol. The molecule has 2 nitrogen and oxygen atoms in total. The van der Waals surface area contributed by atoms with Crippen LogP contribution in [0.3, 0.4) is 0 Å². The lowest BCUT2D eigenvalue weighted by Gasteiger charge is -1.87. The summed E-state index contributed by atoms with van der Waals surface area (Å²) in [7, 11) is -0.00727. The highest BCUT2D eigenvalue weighted by molar-refractivity contribution is 5.74. The summed E-state index contributed by atoms with van der Waals surface area (Å²) in [6.45, 7) is 1.75. The molecule has 0 aromatic heterocycles. The van der Waals surface area contributed by atoms with Crippen LogP contribution in [0.4, 0.5) is 0 Å². The Hall–Kier alpha value is -0.530. The number of hydrogen-bond acceptors (Lipinski definition) is 1. The standard InChI is InChI=1S/C4H9NO/c1-3-4(6)5-2/h3H2,1-2H3,(H,5,6)/i2T. The highest BCUT2D eigenvalue weighted by Crippen LogP contribution is 1.68. The van der Waals surface area contributed by atoms with Gasteiger partial charge in [-0.2, -0.15) is 0 Å². The smallest absolute Gasteiger partial charge is 0.219 e. The van der Waals surface area contributed by atoms with Crippen molar-refractivity contribution < 1.29 is 6.17 Å². The van der Waals surface area contributed by atoms with Crippen molar-refractivity contribution in [2.24, 2.45) is 0 Å². The van der Waals surface area contributed by atoms with Crippen LogP contribution in [0.1, 0.15) is 14.7 Å². The summed E-state index contributed by atoms with van der Waals surface area (Å²) < 4.78 is 6.50. The maximum absolute atomic E-state index is 10.2. The maximum atomic E-state index is 10.2. The van der Waals surface area contributed by atoms with Crippen molar-refractivity contribution in [3.8, 4) is 0 Å². The predicted octanol–water partition coefficient (Wildman–Crippen LogP) is 0.142. The molecule has 0 aliphatic heterocycles. The van der Waals surface area contributed by atoms with Crippen LogP contribution in [0.15, 0.2) is 0 Å². The first kappa shape index (κ1) is 3.65. The molecule has 0 aliphatic carbocycles. The van der Waals surface area contributed by atoms with E-state index in [1.165, 1.54) is 0 Å². The Labute approximate surface area is 39.0 Å². The van der Waals surface area contributed by atoms with Crippen LogP contribution in [0.2, 0.25) is 0 Å². The number of nitrogens with one attached hydrogen (secondary N) is 1. The molecule has 0 fully saturated rings. The van der Waals surface area contributed by atoms with Crippen LogP contribution < -0.4 is 5.32 Å². The molecule has 2 heteroatoms. The van der Waals surface area contributed by atoms with Crippen LogP contribution in [0.5, 0.6) is 0 Å². The molecule has 0 saturated heterocycles. The van der Waals surface area contributed by atoms with E-state index in [1.54, 1.807) is 6.92 Å². The molecule has 6 heavy (non-hydrogen) atoms. The molecule has 0 spiro atoms. The Morgan fingerprint density at radius 1 is 2.17 bits per heavy atom. The molecule has 0 saturated carbocycles. The average molecular weight is 89.1 g/mol. The minimum atomic E-state index is -0.0602. The second-order valence-electron chi connectivity index (χ2n) is 0.954. The summed E-state index contributed by atoms with van der Waals surface area (Å²) in [6.07, 6.45) is 0.471. The monoisotopic (exact) mass is 89.1 g/mol. The molecule has 0 radical (unpaired) electrons. The van der Waals surface area contributed by atoms with Crippen molar-refractivity contribution in [1.29, 1.82) is 0 Å². The van der Waals surface area contributed by atoms with Gasteiger partial charge < -0.3 is 5.32 Å². The van der Waals surface area contributed by atoms with Crippen LogP contribution in [0.25, 0.3) is 0 Å². The molecule has 0 rings (SSSR count). The second-order valence-corrected chi connectivity index (χ2v) is 0.954. The zero-order chi connectivity index (χ0) is 5.70.